The summed E-state index contributed by atoms with van der Waals surface area (Å²) in [5.41, 5.74) is 1.29. The van der Waals surface area contributed by atoms with E-state index in [-0.39, 0.29) is 19.0 Å². The Hall–Kier alpha value is -2.48. The maximum Gasteiger partial charge on any atom is 0.251 e. The average molecular weight is 453 g/mol. The van der Waals surface area contributed by atoms with Crippen molar-refractivity contribution in [2.45, 2.75) is 13.1 Å². The van der Waals surface area contributed by atoms with Gasteiger partial charge in [0.15, 0.2) is 0 Å². The van der Waals surface area contributed by atoms with Crippen LogP contribution in [0.4, 0.5) is 5.69 Å². The van der Waals surface area contributed by atoms with Crippen LogP contribution < -0.4 is 9.62 Å². The number of anilines is 1. The van der Waals surface area contributed by atoms with Crippen LogP contribution in [0.2, 0.25) is 10.0 Å². The highest BCUT2D eigenvalue weighted by Gasteiger charge is 2.21. The number of amides is 1. The van der Waals surface area contributed by atoms with Gasteiger partial charge in [0.2, 0.25) is 10.0 Å². The Morgan fingerprint density at radius 2 is 1.69 bits per heavy atom. The molecule has 6 nitrogen and oxygen atoms in total. The first kappa shape index (κ1) is 21.2. The molecule has 152 valence electrons. The van der Waals surface area contributed by atoms with Gasteiger partial charge < -0.3 is 9.73 Å². The van der Waals surface area contributed by atoms with Gasteiger partial charge in [0, 0.05) is 21.2 Å². The van der Waals surface area contributed by atoms with Gasteiger partial charge >= 0.3 is 0 Å². The molecule has 0 atom stereocenters. The molecule has 0 fully saturated rings. The van der Waals surface area contributed by atoms with Crippen molar-refractivity contribution in [2.75, 3.05) is 10.6 Å². The molecular formula is C20H18Cl2N2O4S. The molecule has 1 heterocycles. The van der Waals surface area contributed by atoms with Crippen molar-refractivity contribution in [3.05, 3.63) is 87.8 Å². The van der Waals surface area contributed by atoms with E-state index in [2.05, 4.69) is 5.32 Å². The van der Waals surface area contributed by atoms with Gasteiger partial charge in [-0.05, 0) is 48.5 Å². The van der Waals surface area contributed by atoms with Crippen LogP contribution in [-0.2, 0) is 23.1 Å². The molecule has 0 aliphatic heterocycles. The molecule has 1 N–H and O–H groups in total. The molecule has 3 aromatic rings. The summed E-state index contributed by atoms with van der Waals surface area (Å²) in [7, 11) is -3.62. The largest absolute Gasteiger partial charge is 0.467 e. The Balaban J connectivity index is 1.80. The van der Waals surface area contributed by atoms with Gasteiger partial charge in [-0.1, -0.05) is 29.3 Å². The zero-order chi connectivity index (χ0) is 21.0. The Kier molecular flexibility index (Phi) is 6.52. The number of sulfonamides is 1. The lowest BCUT2D eigenvalue weighted by molar-refractivity contribution is 0.0948. The van der Waals surface area contributed by atoms with Crippen molar-refractivity contribution in [3.8, 4) is 0 Å². The molecule has 0 unspecified atom stereocenters. The molecule has 2 aromatic carbocycles. The first-order valence-corrected chi connectivity index (χ1v) is 11.2. The van der Waals surface area contributed by atoms with Crippen molar-refractivity contribution in [1.29, 1.82) is 0 Å². The summed E-state index contributed by atoms with van der Waals surface area (Å²) >= 11 is 12.4. The second kappa shape index (κ2) is 8.90. The SMILES string of the molecule is CS(=O)(=O)N(Cc1c(Cl)cccc1Cl)c1ccc(C(=O)NCc2ccco2)cc1. The van der Waals surface area contributed by atoms with Gasteiger partial charge in [-0.25, -0.2) is 8.42 Å². The number of hydrogen-bond acceptors (Lipinski definition) is 4. The van der Waals surface area contributed by atoms with E-state index >= 15 is 0 Å². The fourth-order valence-corrected chi connectivity index (χ4v) is 4.07. The van der Waals surface area contributed by atoms with E-state index in [1.807, 2.05) is 0 Å². The summed E-state index contributed by atoms with van der Waals surface area (Å²) in [6, 6.07) is 14.7. The molecule has 9 heteroatoms. The van der Waals surface area contributed by atoms with Crippen molar-refractivity contribution in [3.63, 3.8) is 0 Å². The third-order valence-electron chi connectivity index (χ3n) is 4.18. The Bertz CT molecular complexity index is 1080. The van der Waals surface area contributed by atoms with Crippen molar-refractivity contribution >= 4 is 44.8 Å². The number of carbonyl (C=O) groups excluding carboxylic acids is 1. The van der Waals surface area contributed by atoms with Crippen LogP contribution >= 0.6 is 23.2 Å². The molecule has 0 radical (unpaired) electrons. The highest BCUT2D eigenvalue weighted by Crippen LogP contribution is 2.29. The molecule has 0 bridgehead atoms. The van der Waals surface area contributed by atoms with Crippen molar-refractivity contribution in [2.24, 2.45) is 0 Å². The Morgan fingerprint density at radius 3 is 2.24 bits per heavy atom. The number of rotatable bonds is 7. The normalized spacial score (nSPS) is 11.3. The molecule has 1 aromatic heterocycles. The van der Waals surface area contributed by atoms with Crippen molar-refractivity contribution < 1.29 is 17.6 Å². The minimum Gasteiger partial charge on any atom is -0.467 e. The third kappa shape index (κ3) is 5.32. The molecule has 0 saturated heterocycles. The average Bonchev–Trinajstić information content (AvgIpc) is 3.19. The molecule has 3 rings (SSSR count). The molecule has 0 spiro atoms. The van der Waals surface area contributed by atoms with Crippen molar-refractivity contribution in [1.82, 2.24) is 5.32 Å². The lowest BCUT2D eigenvalue weighted by atomic mass is 10.1. The number of hydrogen-bond donors (Lipinski definition) is 1. The molecule has 0 saturated carbocycles. The van der Waals surface area contributed by atoms with Crippen LogP contribution in [-0.4, -0.2) is 20.6 Å². The Morgan fingerprint density at radius 1 is 1.03 bits per heavy atom. The first-order chi connectivity index (χ1) is 13.8. The predicted octanol–water partition coefficient (Wildman–Crippen LogP) is 4.48. The summed E-state index contributed by atoms with van der Waals surface area (Å²) in [5, 5.41) is 3.49. The smallest absolute Gasteiger partial charge is 0.251 e. The zero-order valence-electron chi connectivity index (χ0n) is 15.4. The standard InChI is InChI=1S/C20H18Cl2N2O4S/c1-29(26,27)24(13-17-18(21)5-2-6-19(17)22)15-9-7-14(8-10-15)20(25)23-12-16-4-3-11-28-16/h2-11H,12-13H2,1H3,(H,23,25). The molecular weight excluding hydrogens is 435 g/mol. The maximum atomic E-state index is 12.4. The molecule has 1 amide bonds. The first-order valence-electron chi connectivity index (χ1n) is 8.57. The van der Waals surface area contributed by atoms with E-state index in [1.54, 1.807) is 54.6 Å². The highest BCUT2D eigenvalue weighted by atomic mass is 35.5. The minimum absolute atomic E-state index is 0.0264. The summed E-state index contributed by atoms with van der Waals surface area (Å²) in [6.07, 6.45) is 2.63. The van der Waals surface area contributed by atoms with E-state index in [1.165, 1.54) is 10.6 Å². The van der Waals surface area contributed by atoms with E-state index in [4.69, 9.17) is 27.6 Å². The van der Waals surface area contributed by atoms with Crippen LogP contribution in [0, 0.1) is 0 Å². The van der Waals surface area contributed by atoms with Gasteiger partial charge in [0.25, 0.3) is 5.91 Å². The molecule has 29 heavy (non-hydrogen) atoms. The lowest BCUT2D eigenvalue weighted by Gasteiger charge is -2.23. The molecule has 0 aliphatic carbocycles. The van der Waals surface area contributed by atoms with Gasteiger partial charge in [-0.3, -0.25) is 9.10 Å². The minimum atomic E-state index is -3.62. The quantitative estimate of drug-likeness (QED) is 0.572. The van der Waals surface area contributed by atoms with Gasteiger partial charge in [0.05, 0.1) is 31.3 Å². The Labute approximate surface area is 179 Å². The number of halogens is 2. The number of carbonyl (C=O) groups is 1. The summed E-state index contributed by atoms with van der Waals surface area (Å²) < 4.78 is 31.1. The highest BCUT2D eigenvalue weighted by molar-refractivity contribution is 7.92. The number of benzene rings is 2. The second-order valence-electron chi connectivity index (χ2n) is 6.28. The molecule has 0 aliphatic rings. The van der Waals surface area contributed by atoms with Gasteiger partial charge in [0.1, 0.15) is 5.76 Å². The fraction of sp³-hybridized carbons (Fsp3) is 0.150. The second-order valence-corrected chi connectivity index (χ2v) is 9.00. The van der Waals surface area contributed by atoms with Crippen LogP contribution in [0.25, 0.3) is 0 Å². The van der Waals surface area contributed by atoms with Gasteiger partial charge in [-0.15, -0.1) is 0 Å². The van der Waals surface area contributed by atoms with E-state index < -0.39 is 10.0 Å². The van der Waals surface area contributed by atoms with E-state index in [9.17, 15) is 13.2 Å². The third-order valence-corrected chi connectivity index (χ3v) is 6.03. The van der Waals surface area contributed by atoms with Crippen LogP contribution in [0.3, 0.4) is 0 Å². The monoisotopic (exact) mass is 452 g/mol. The van der Waals surface area contributed by atoms with E-state index in [0.29, 0.717) is 32.6 Å². The zero-order valence-corrected chi connectivity index (χ0v) is 17.8. The topological polar surface area (TPSA) is 79.6 Å². The van der Waals surface area contributed by atoms with E-state index in [0.717, 1.165) is 6.26 Å². The van der Waals surface area contributed by atoms with Crippen LogP contribution in [0.15, 0.2) is 65.3 Å². The maximum absolute atomic E-state index is 12.4. The number of nitrogens with zero attached hydrogens (tertiary/aromatic N) is 1. The number of nitrogens with one attached hydrogen (secondary N) is 1. The predicted molar refractivity (Wildman–Crippen MR) is 114 cm³/mol. The summed E-state index contributed by atoms with van der Waals surface area (Å²) in [6.45, 7) is 0.232. The van der Waals surface area contributed by atoms with Crippen LogP contribution in [0.1, 0.15) is 21.7 Å². The van der Waals surface area contributed by atoms with Crippen LogP contribution in [0.5, 0.6) is 0 Å². The summed E-state index contributed by atoms with van der Waals surface area (Å²) in [5.74, 6) is 0.336. The fourth-order valence-electron chi connectivity index (χ4n) is 2.69. The number of furan rings is 1. The summed E-state index contributed by atoms with van der Waals surface area (Å²) in [4.78, 5) is 12.3. The lowest BCUT2D eigenvalue weighted by Crippen LogP contribution is -2.29. The van der Waals surface area contributed by atoms with Gasteiger partial charge in [-0.2, -0.15) is 0 Å².